The number of aromatic nitrogens is 1. The molecule has 0 aliphatic heterocycles. The van der Waals surface area contributed by atoms with Gasteiger partial charge in [0.2, 0.25) is 0 Å². The van der Waals surface area contributed by atoms with E-state index in [0.717, 1.165) is 22.2 Å². The number of nitrogens with one attached hydrogen (secondary N) is 1. The maximum Gasteiger partial charge on any atom is 0.404 e. The molecule has 1 aromatic heterocycles. The summed E-state index contributed by atoms with van der Waals surface area (Å²) in [6.45, 7) is 1.81. The Morgan fingerprint density at radius 2 is 2.28 bits per heavy atom. The quantitative estimate of drug-likeness (QED) is 0.870. The van der Waals surface area contributed by atoms with E-state index < -0.39 is 6.09 Å². The molecule has 0 spiro atoms. The van der Waals surface area contributed by atoms with Crippen LogP contribution in [-0.4, -0.2) is 24.3 Å². The molecule has 0 saturated carbocycles. The Morgan fingerprint density at radius 3 is 2.94 bits per heavy atom. The number of H-pyrrole nitrogens is 1. The Hall–Kier alpha value is -2.17. The van der Waals surface area contributed by atoms with Gasteiger partial charge in [0.1, 0.15) is 11.9 Å². The first-order valence-electron chi connectivity index (χ1n) is 5.70. The molecule has 0 aliphatic carbocycles. The molecule has 1 aromatic carbocycles. The van der Waals surface area contributed by atoms with E-state index in [1.807, 2.05) is 31.3 Å². The molecule has 0 bridgehead atoms. The SMILES string of the molecule is COc1ccc2[nH]cc(CC(C)OC(N)=O)c2c1. The first-order chi connectivity index (χ1) is 8.60. The number of aromatic amines is 1. The molecule has 1 unspecified atom stereocenters. The molecule has 5 heteroatoms. The second-order valence-electron chi connectivity index (χ2n) is 4.18. The minimum atomic E-state index is -0.750. The average molecular weight is 248 g/mol. The molecule has 0 saturated heterocycles. The van der Waals surface area contributed by atoms with Crippen molar-refractivity contribution < 1.29 is 14.3 Å². The smallest absolute Gasteiger partial charge is 0.404 e. The molecule has 1 heterocycles. The van der Waals surface area contributed by atoms with Gasteiger partial charge < -0.3 is 20.2 Å². The average Bonchev–Trinajstić information content (AvgIpc) is 2.70. The summed E-state index contributed by atoms with van der Waals surface area (Å²) >= 11 is 0. The maximum atomic E-state index is 10.7. The molecule has 3 N–H and O–H groups in total. The molecule has 0 fully saturated rings. The molecule has 2 rings (SSSR count). The Kier molecular flexibility index (Phi) is 3.41. The van der Waals surface area contributed by atoms with Gasteiger partial charge in [0.15, 0.2) is 0 Å². The van der Waals surface area contributed by atoms with Gasteiger partial charge in [-0.2, -0.15) is 0 Å². The van der Waals surface area contributed by atoms with Crippen molar-refractivity contribution in [1.29, 1.82) is 0 Å². The van der Waals surface area contributed by atoms with Crippen LogP contribution in [0.3, 0.4) is 0 Å². The highest BCUT2D eigenvalue weighted by atomic mass is 16.6. The molecule has 1 amide bonds. The minimum absolute atomic E-state index is 0.257. The van der Waals surface area contributed by atoms with Crippen LogP contribution >= 0.6 is 0 Å². The molecule has 0 aliphatic rings. The number of amides is 1. The van der Waals surface area contributed by atoms with E-state index in [0.29, 0.717) is 6.42 Å². The standard InChI is InChI=1S/C13H16N2O3/c1-8(18-13(14)16)5-9-7-15-12-4-3-10(17-2)6-11(9)12/h3-4,6-8,15H,5H2,1-2H3,(H2,14,16). The minimum Gasteiger partial charge on any atom is -0.497 e. The van der Waals surface area contributed by atoms with Gasteiger partial charge in [-0.1, -0.05) is 0 Å². The summed E-state index contributed by atoms with van der Waals surface area (Å²) in [6.07, 6.45) is 1.51. The Bertz CT molecular complexity index is 562. The topological polar surface area (TPSA) is 77.3 Å². The number of benzene rings is 1. The van der Waals surface area contributed by atoms with Crippen LogP contribution in [0, 0.1) is 0 Å². The maximum absolute atomic E-state index is 10.7. The number of hydrogen-bond donors (Lipinski definition) is 2. The van der Waals surface area contributed by atoms with Gasteiger partial charge in [-0.3, -0.25) is 0 Å². The highest BCUT2D eigenvalue weighted by Gasteiger charge is 2.11. The summed E-state index contributed by atoms with van der Waals surface area (Å²) in [5.74, 6) is 0.798. The zero-order chi connectivity index (χ0) is 13.1. The van der Waals surface area contributed by atoms with E-state index in [2.05, 4.69) is 4.98 Å². The fraction of sp³-hybridized carbons (Fsp3) is 0.308. The van der Waals surface area contributed by atoms with Gasteiger partial charge in [-0.15, -0.1) is 0 Å². The van der Waals surface area contributed by atoms with Crippen LogP contribution in [0.25, 0.3) is 10.9 Å². The predicted octanol–water partition coefficient (Wildman–Crippen LogP) is 2.20. The van der Waals surface area contributed by atoms with Crippen LogP contribution in [0.1, 0.15) is 12.5 Å². The zero-order valence-electron chi connectivity index (χ0n) is 10.4. The summed E-state index contributed by atoms with van der Waals surface area (Å²) in [6, 6.07) is 5.81. The van der Waals surface area contributed by atoms with Gasteiger partial charge in [-0.25, -0.2) is 4.79 Å². The highest BCUT2D eigenvalue weighted by molar-refractivity contribution is 5.84. The van der Waals surface area contributed by atoms with E-state index >= 15 is 0 Å². The summed E-state index contributed by atoms with van der Waals surface area (Å²) in [7, 11) is 1.63. The lowest BCUT2D eigenvalue weighted by atomic mass is 10.1. The molecular formula is C13H16N2O3. The highest BCUT2D eigenvalue weighted by Crippen LogP contribution is 2.24. The molecule has 2 aromatic rings. The fourth-order valence-corrected chi connectivity index (χ4v) is 2.00. The number of carbonyl (C=O) groups excluding carboxylic acids is 1. The third-order valence-corrected chi connectivity index (χ3v) is 2.80. The molecule has 96 valence electrons. The first-order valence-corrected chi connectivity index (χ1v) is 5.70. The summed E-state index contributed by atoms with van der Waals surface area (Å²) in [4.78, 5) is 13.8. The number of methoxy groups -OCH3 is 1. The predicted molar refractivity (Wildman–Crippen MR) is 68.7 cm³/mol. The number of rotatable bonds is 4. The van der Waals surface area contributed by atoms with Crippen LogP contribution in [-0.2, 0) is 11.2 Å². The Balaban J connectivity index is 2.25. The van der Waals surface area contributed by atoms with E-state index in [-0.39, 0.29) is 6.10 Å². The molecule has 1 atom stereocenters. The number of carbonyl (C=O) groups is 1. The lowest BCUT2D eigenvalue weighted by Gasteiger charge is -2.10. The molecule has 5 nitrogen and oxygen atoms in total. The van der Waals surface area contributed by atoms with Crippen LogP contribution in [0.2, 0.25) is 0 Å². The van der Waals surface area contributed by atoms with Crippen LogP contribution < -0.4 is 10.5 Å². The number of primary amides is 1. The van der Waals surface area contributed by atoms with Crippen LogP contribution in [0.5, 0.6) is 5.75 Å². The van der Waals surface area contributed by atoms with Crippen LogP contribution in [0.4, 0.5) is 4.79 Å². The lowest BCUT2D eigenvalue weighted by molar-refractivity contribution is 0.116. The Labute approximate surface area is 105 Å². The van der Waals surface area contributed by atoms with Gasteiger partial charge in [0, 0.05) is 23.5 Å². The lowest BCUT2D eigenvalue weighted by Crippen LogP contribution is -2.21. The first kappa shape index (κ1) is 12.3. The van der Waals surface area contributed by atoms with E-state index in [4.69, 9.17) is 15.2 Å². The van der Waals surface area contributed by atoms with Gasteiger partial charge in [-0.05, 0) is 30.7 Å². The van der Waals surface area contributed by atoms with Gasteiger partial charge >= 0.3 is 6.09 Å². The summed E-state index contributed by atoms with van der Waals surface area (Å²) in [5, 5.41) is 1.06. The summed E-state index contributed by atoms with van der Waals surface area (Å²) < 4.78 is 10.1. The van der Waals surface area contributed by atoms with Crippen molar-refractivity contribution >= 4 is 17.0 Å². The second kappa shape index (κ2) is 5.00. The summed E-state index contributed by atoms with van der Waals surface area (Å²) in [5.41, 5.74) is 7.08. The van der Waals surface area contributed by atoms with Gasteiger partial charge in [0.25, 0.3) is 0 Å². The van der Waals surface area contributed by atoms with Crippen molar-refractivity contribution in [2.75, 3.05) is 7.11 Å². The normalized spacial score (nSPS) is 12.3. The van der Waals surface area contributed by atoms with Gasteiger partial charge in [0.05, 0.1) is 7.11 Å². The van der Waals surface area contributed by atoms with Crippen molar-refractivity contribution in [1.82, 2.24) is 4.98 Å². The number of fused-ring (bicyclic) bond motifs is 1. The second-order valence-corrected chi connectivity index (χ2v) is 4.18. The molecule has 0 radical (unpaired) electrons. The number of hydrogen-bond acceptors (Lipinski definition) is 3. The van der Waals surface area contributed by atoms with E-state index in [1.165, 1.54) is 0 Å². The number of nitrogens with two attached hydrogens (primary N) is 1. The van der Waals surface area contributed by atoms with Crippen molar-refractivity contribution in [3.8, 4) is 5.75 Å². The molecule has 18 heavy (non-hydrogen) atoms. The van der Waals surface area contributed by atoms with Crippen molar-refractivity contribution in [3.05, 3.63) is 30.0 Å². The number of ether oxygens (including phenoxy) is 2. The largest absolute Gasteiger partial charge is 0.497 e. The monoisotopic (exact) mass is 248 g/mol. The van der Waals surface area contributed by atoms with E-state index in [9.17, 15) is 4.79 Å². The third kappa shape index (κ3) is 2.56. The molecular weight excluding hydrogens is 232 g/mol. The van der Waals surface area contributed by atoms with Crippen molar-refractivity contribution in [2.45, 2.75) is 19.4 Å². The third-order valence-electron chi connectivity index (χ3n) is 2.80. The zero-order valence-corrected chi connectivity index (χ0v) is 10.4. The Morgan fingerprint density at radius 1 is 1.50 bits per heavy atom. The fourth-order valence-electron chi connectivity index (χ4n) is 2.00. The van der Waals surface area contributed by atoms with Crippen molar-refractivity contribution in [2.24, 2.45) is 5.73 Å². The van der Waals surface area contributed by atoms with Crippen molar-refractivity contribution in [3.63, 3.8) is 0 Å². The van der Waals surface area contributed by atoms with Crippen LogP contribution in [0.15, 0.2) is 24.4 Å². The van der Waals surface area contributed by atoms with E-state index in [1.54, 1.807) is 7.11 Å².